The molecule has 1 aliphatic rings. The molecule has 0 radical (unpaired) electrons. The number of alkyl halides is 1. The third-order valence-electron chi connectivity index (χ3n) is 9.23. The maximum Gasteiger partial charge on any atom is 0.354 e. The third-order valence-corrected chi connectivity index (χ3v) is 11.1. The Morgan fingerprint density at radius 3 is 2.71 bits per heavy atom. The van der Waals surface area contributed by atoms with Crippen molar-refractivity contribution in [3.63, 3.8) is 0 Å². The van der Waals surface area contributed by atoms with E-state index in [0.29, 0.717) is 31.8 Å². The number of H-pyrrole nitrogens is 1. The first-order valence-electron chi connectivity index (χ1n) is 16.1. The molecule has 0 saturated heterocycles. The molecule has 0 saturated carbocycles. The number of nitrogens with zero attached hydrogens (tertiary/aromatic N) is 5. The molecule has 1 N–H and O–H groups in total. The van der Waals surface area contributed by atoms with Crippen molar-refractivity contribution in [2.45, 2.75) is 47.9 Å². The van der Waals surface area contributed by atoms with E-state index in [9.17, 15) is 4.79 Å². The molecule has 3 aromatic carbocycles. The van der Waals surface area contributed by atoms with Gasteiger partial charge in [-0.25, -0.2) is 4.79 Å². The van der Waals surface area contributed by atoms with Gasteiger partial charge in [0, 0.05) is 75.5 Å². The van der Waals surface area contributed by atoms with Gasteiger partial charge in [-0.3, -0.25) is 14.7 Å². The lowest BCUT2D eigenvalue weighted by atomic mass is 9.94. The first kappa shape index (κ1) is 32.7. The SMILES string of the molecule is COC(=O)c1c2c3ccc(CI)c(c3n1C)-c1c(n[nH]c1C)CN(C)Cc1cc(n(C)n1)CSc1cc(c3ccccc3c1)OCCC2. The van der Waals surface area contributed by atoms with Gasteiger partial charge in [0.05, 0.1) is 30.6 Å². The van der Waals surface area contributed by atoms with E-state index >= 15 is 0 Å². The van der Waals surface area contributed by atoms with Crippen molar-refractivity contribution in [1.82, 2.24) is 29.4 Å². The van der Waals surface area contributed by atoms with Crippen LogP contribution in [0.1, 0.15) is 50.8 Å². The number of fused-ring (bicyclic) bond motifs is 8. The Balaban J connectivity index is 1.38. The van der Waals surface area contributed by atoms with E-state index in [1.54, 1.807) is 11.8 Å². The Hall–Kier alpha value is -3.81. The second kappa shape index (κ2) is 13.6. The molecular weight excluding hydrogens is 735 g/mol. The van der Waals surface area contributed by atoms with Crippen LogP contribution < -0.4 is 4.74 Å². The standard InChI is InChI=1S/C37H39IN6O3S/c1-22-33-31(40-39-22)20-42(2)19-25-16-26(44(4)41-25)21-48-27-15-23-9-6-7-10-28(23)32(17-27)47-14-8-11-29-30-13-12-24(18-38)34(33)35(30)43(3)36(29)37(45)46-5/h6-7,9-10,12-13,15-17H,8,11,14,18-21H2,1-5H3,(H,39,40). The van der Waals surface area contributed by atoms with Crippen molar-refractivity contribution in [1.29, 1.82) is 0 Å². The highest BCUT2D eigenvalue weighted by Gasteiger charge is 2.27. The number of methoxy groups -OCH3 is 1. The number of thioether (sulfide) groups is 1. The van der Waals surface area contributed by atoms with Crippen molar-refractivity contribution < 1.29 is 14.3 Å². The van der Waals surface area contributed by atoms with Crippen LogP contribution in [0.2, 0.25) is 0 Å². The third kappa shape index (κ3) is 6.00. The van der Waals surface area contributed by atoms with Crippen molar-refractivity contribution >= 4 is 62.0 Å². The number of nitrogens with one attached hydrogen (secondary N) is 1. The molecule has 248 valence electrons. The van der Waals surface area contributed by atoms with Crippen LogP contribution in [0, 0.1) is 6.92 Å². The minimum Gasteiger partial charge on any atom is -0.493 e. The topological polar surface area (TPSA) is 90.2 Å². The van der Waals surface area contributed by atoms with Crippen LogP contribution >= 0.6 is 34.4 Å². The summed E-state index contributed by atoms with van der Waals surface area (Å²) in [5.74, 6) is 1.33. The zero-order valence-corrected chi connectivity index (χ0v) is 30.9. The van der Waals surface area contributed by atoms with E-state index in [1.807, 2.05) is 23.3 Å². The molecule has 11 heteroatoms. The van der Waals surface area contributed by atoms with Crippen molar-refractivity contribution in [2.75, 3.05) is 20.8 Å². The van der Waals surface area contributed by atoms with Gasteiger partial charge < -0.3 is 14.0 Å². The average Bonchev–Trinajstić information content (AvgIpc) is 3.71. The maximum atomic E-state index is 13.4. The van der Waals surface area contributed by atoms with Crippen molar-refractivity contribution in [2.24, 2.45) is 14.1 Å². The van der Waals surface area contributed by atoms with E-state index in [-0.39, 0.29) is 5.97 Å². The molecule has 0 amide bonds. The number of hydrogen-bond donors (Lipinski definition) is 1. The van der Waals surface area contributed by atoms with Gasteiger partial charge in [-0.15, -0.1) is 11.8 Å². The fourth-order valence-corrected chi connectivity index (χ4v) is 8.63. The van der Waals surface area contributed by atoms with Gasteiger partial charge in [-0.1, -0.05) is 59.0 Å². The van der Waals surface area contributed by atoms with Crippen LogP contribution in [0.5, 0.6) is 5.75 Å². The molecule has 8 bridgehead atoms. The monoisotopic (exact) mass is 774 g/mol. The largest absolute Gasteiger partial charge is 0.493 e. The predicted octanol–water partition coefficient (Wildman–Crippen LogP) is 7.73. The smallest absolute Gasteiger partial charge is 0.354 e. The van der Waals surface area contributed by atoms with Crippen molar-refractivity contribution in [3.05, 3.63) is 94.2 Å². The average molecular weight is 775 g/mol. The number of rotatable bonds is 2. The molecule has 6 aromatic rings. The normalized spacial score (nSPS) is 14.5. The lowest BCUT2D eigenvalue weighted by Gasteiger charge is -2.17. The van der Waals surface area contributed by atoms with Crippen molar-refractivity contribution in [3.8, 4) is 16.9 Å². The highest BCUT2D eigenvalue weighted by Crippen LogP contribution is 2.41. The molecule has 0 aliphatic carbocycles. The second-order valence-corrected chi connectivity index (χ2v) is 14.3. The summed E-state index contributed by atoms with van der Waals surface area (Å²) in [5, 5.41) is 16.3. The number of benzene rings is 3. The summed E-state index contributed by atoms with van der Waals surface area (Å²) < 4.78 is 16.7. The lowest BCUT2D eigenvalue weighted by molar-refractivity contribution is 0.0589. The first-order valence-corrected chi connectivity index (χ1v) is 18.6. The van der Waals surface area contributed by atoms with E-state index in [0.717, 1.165) is 82.7 Å². The molecule has 0 unspecified atom stereocenters. The van der Waals surface area contributed by atoms with Crippen LogP contribution in [0.25, 0.3) is 32.8 Å². The number of carbonyl (C=O) groups excluding carboxylic acids is 1. The minimum absolute atomic E-state index is 0.338. The van der Waals surface area contributed by atoms with Crippen LogP contribution in [0.15, 0.2) is 59.5 Å². The number of carbonyl (C=O) groups is 1. The van der Waals surface area contributed by atoms with E-state index in [4.69, 9.17) is 19.7 Å². The Labute approximate surface area is 298 Å². The van der Waals surface area contributed by atoms with E-state index in [1.165, 1.54) is 18.4 Å². The van der Waals surface area contributed by atoms with Crippen LogP contribution in [-0.2, 0) is 48.5 Å². The Bertz CT molecular complexity index is 2170. The molecule has 0 fully saturated rings. The number of hydrogen-bond acceptors (Lipinski definition) is 7. The van der Waals surface area contributed by atoms with Crippen LogP contribution in [-0.4, -0.2) is 56.2 Å². The molecular formula is C37H39IN6O3S. The molecule has 7 rings (SSSR count). The maximum absolute atomic E-state index is 13.4. The highest BCUT2D eigenvalue weighted by molar-refractivity contribution is 14.1. The number of aromatic nitrogens is 5. The fourth-order valence-electron chi connectivity index (χ4n) is 7.00. The van der Waals surface area contributed by atoms with Gasteiger partial charge in [-0.2, -0.15) is 10.2 Å². The van der Waals surface area contributed by atoms with Gasteiger partial charge >= 0.3 is 5.97 Å². The van der Waals surface area contributed by atoms with Crippen LogP contribution in [0.4, 0.5) is 0 Å². The van der Waals surface area contributed by atoms with Gasteiger partial charge in [-0.05, 0) is 61.5 Å². The summed E-state index contributed by atoms with van der Waals surface area (Å²) in [6.45, 7) is 3.90. The van der Waals surface area contributed by atoms with Gasteiger partial charge in [0.15, 0.2) is 0 Å². The summed E-state index contributed by atoms with van der Waals surface area (Å²) >= 11 is 4.22. The summed E-state index contributed by atoms with van der Waals surface area (Å²) in [6.07, 6.45) is 1.40. The zero-order chi connectivity index (χ0) is 33.5. The molecule has 4 heterocycles. The summed E-state index contributed by atoms with van der Waals surface area (Å²) in [5.41, 5.74) is 10.1. The first-order chi connectivity index (χ1) is 23.3. The highest BCUT2D eigenvalue weighted by atomic mass is 127. The number of esters is 1. The predicted molar refractivity (Wildman–Crippen MR) is 200 cm³/mol. The van der Waals surface area contributed by atoms with Gasteiger partial charge in [0.25, 0.3) is 0 Å². The molecule has 0 spiro atoms. The zero-order valence-electron chi connectivity index (χ0n) is 27.9. The fraction of sp³-hybridized carbons (Fsp3) is 0.324. The van der Waals surface area contributed by atoms with Gasteiger partial charge in [0.1, 0.15) is 11.4 Å². The molecule has 9 nitrogen and oxygen atoms in total. The number of ether oxygens (including phenoxy) is 2. The Kier molecular flexibility index (Phi) is 9.27. The Morgan fingerprint density at radius 2 is 1.90 bits per heavy atom. The van der Waals surface area contributed by atoms with E-state index < -0.39 is 0 Å². The van der Waals surface area contributed by atoms with E-state index in [2.05, 4.69) is 101 Å². The summed E-state index contributed by atoms with van der Waals surface area (Å²) in [6, 6.07) is 19.3. The summed E-state index contributed by atoms with van der Waals surface area (Å²) in [4.78, 5) is 16.8. The molecule has 0 atom stereocenters. The molecule has 3 aromatic heterocycles. The number of aromatic amines is 1. The Morgan fingerprint density at radius 1 is 1.06 bits per heavy atom. The van der Waals surface area contributed by atoms with Crippen LogP contribution in [0.3, 0.4) is 0 Å². The lowest BCUT2D eigenvalue weighted by Crippen LogP contribution is -2.18. The molecule has 1 aliphatic heterocycles. The molecule has 48 heavy (non-hydrogen) atoms. The second-order valence-electron chi connectivity index (χ2n) is 12.5. The number of aryl methyl sites for hydroxylation is 4. The number of halogens is 1. The van der Waals surface area contributed by atoms with Gasteiger partial charge in [0.2, 0.25) is 0 Å². The quantitative estimate of drug-likeness (QED) is 0.109. The summed E-state index contributed by atoms with van der Waals surface area (Å²) in [7, 11) is 7.56. The minimum atomic E-state index is -0.338.